The van der Waals surface area contributed by atoms with Gasteiger partial charge in [0.15, 0.2) is 5.65 Å². The third kappa shape index (κ3) is 4.51. The molecule has 0 radical (unpaired) electrons. The second-order valence-electron chi connectivity index (χ2n) is 9.29. The smallest absolute Gasteiger partial charge is 0.263 e. The number of benzene rings is 3. The highest BCUT2D eigenvalue weighted by Gasteiger charge is 2.39. The van der Waals surface area contributed by atoms with Crippen LogP contribution in [0.5, 0.6) is 5.75 Å². The van der Waals surface area contributed by atoms with E-state index in [4.69, 9.17) is 9.84 Å². The molecular formula is C30H25N5O3S. The molecule has 0 unspecified atom stereocenters. The maximum Gasteiger partial charge on any atom is 0.263 e. The quantitative estimate of drug-likeness (QED) is 0.208. The lowest BCUT2D eigenvalue weighted by atomic mass is 10.0. The molecule has 2 amide bonds. The zero-order valence-electron chi connectivity index (χ0n) is 21.2. The molecule has 0 bridgehead atoms. The number of rotatable bonds is 8. The summed E-state index contributed by atoms with van der Waals surface area (Å²) < 4.78 is 9.91. The number of carbonyl (C=O) groups excluding carboxylic acids is 2. The third-order valence-corrected chi connectivity index (χ3v) is 7.18. The van der Waals surface area contributed by atoms with Crippen LogP contribution in [0, 0.1) is 0 Å². The normalized spacial score (nSPS) is 12.7. The molecule has 194 valence electrons. The Hall–Kier alpha value is -4.63. The molecule has 8 nitrogen and oxygen atoms in total. The first kappa shape index (κ1) is 24.7. The predicted molar refractivity (Wildman–Crippen MR) is 153 cm³/mol. The van der Waals surface area contributed by atoms with Crippen molar-refractivity contribution in [2.24, 2.45) is 0 Å². The number of fused-ring (bicyclic) bond motifs is 3. The lowest BCUT2D eigenvalue weighted by Crippen LogP contribution is -2.31. The molecule has 0 saturated carbocycles. The van der Waals surface area contributed by atoms with Crippen LogP contribution in [0.1, 0.15) is 31.8 Å². The minimum absolute atomic E-state index is 0.284. The number of ether oxygens (including phenoxy) is 1. The number of hydrogen-bond donors (Lipinski definition) is 2. The van der Waals surface area contributed by atoms with E-state index in [1.807, 2.05) is 78.9 Å². The summed E-state index contributed by atoms with van der Waals surface area (Å²) in [6.07, 6.45) is 2.07. The summed E-state index contributed by atoms with van der Waals surface area (Å²) in [6.45, 7) is 0.711. The molecule has 0 aliphatic carbocycles. The summed E-state index contributed by atoms with van der Waals surface area (Å²) in [6, 6.07) is 25.1. The summed E-state index contributed by atoms with van der Waals surface area (Å²) >= 11 is 4.18. The second kappa shape index (κ2) is 10.3. The number of aromatic nitrogens is 3. The summed E-state index contributed by atoms with van der Waals surface area (Å²) in [5, 5.41) is 5.48. The van der Waals surface area contributed by atoms with Crippen molar-refractivity contribution in [2.45, 2.75) is 13.0 Å². The van der Waals surface area contributed by atoms with Crippen LogP contribution in [0.2, 0.25) is 0 Å². The van der Waals surface area contributed by atoms with E-state index in [2.05, 4.69) is 22.5 Å². The van der Waals surface area contributed by atoms with E-state index in [-0.39, 0.29) is 18.4 Å². The van der Waals surface area contributed by atoms with Crippen molar-refractivity contribution >= 4 is 41.3 Å². The number of nitrogens with zero attached hydrogens (tertiary/aromatic N) is 4. The molecule has 0 atom stereocenters. The SMILES string of the molecule is COc1ccc(Cn2nc(-c3cccc(NS)c3)c3c4c(cnc32)C(=O)N(CCc2ccccc2)C4=O)cc1. The Morgan fingerprint density at radius 2 is 1.72 bits per heavy atom. The molecule has 0 fully saturated rings. The maximum absolute atomic E-state index is 13.8. The fraction of sp³-hybridized carbons (Fsp3) is 0.133. The highest BCUT2D eigenvalue weighted by Crippen LogP contribution is 2.36. The number of anilines is 1. The van der Waals surface area contributed by atoms with Crippen molar-refractivity contribution in [1.82, 2.24) is 19.7 Å². The summed E-state index contributed by atoms with van der Waals surface area (Å²) in [5.74, 6) is 0.100. The van der Waals surface area contributed by atoms with Gasteiger partial charge in [0.05, 0.1) is 30.2 Å². The first-order chi connectivity index (χ1) is 19.1. The van der Waals surface area contributed by atoms with Gasteiger partial charge in [-0.1, -0.05) is 67.4 Å². The van der Waals surface area contributed by atoms with E-state index < -0.39 is 0 Å². The molecule has 3 aromatic carbocycles. The minimum atomic E-state index is -0.333. The Morgan fingerprint density at radius 1 is 0.923 bits per heavy atom. The average molecular weight is 536 g/mol. The second-order valence-corrected chi connectivity index (χ2v) is 9.51. The largest absolute Gasteiger partial charge is 0.497 e. The van der Waals surface area contributed by atoms with Gasteiger partial charge in [0.2, 0.25) is 0 Å². The Morgan fingerprint density at radius 3 is 2.46 bits per heavy atom. The fourth-order valence-electron chi connectivity index (χ4n) is 4.94. The predicted octanol–water partition coefficient (Wildman–Crippen LogP) is 5.25. The lowest BCUT2D eigenvalue weighted by Gasteiger charge is -2.13. The third-order valence-electron chi connectivity index (χ3n) is 6.92. The number of pyridine rings is 1. The summed E-state index contributed by atoms with van der Waals surface area (Å²) in [7, 11) is 1.63. The lowest BCUT2D eigenvalue weighted by molar-refractivity contribution is 0.0656. The van der Waals surface area contributed by atoms with Crippen LogP contribution in [0.3, 0.4) is 0 Å². The molecule has 9 heteroatoms. The zero-order chi connectivity index (χ0) is 26.9. The summed E-state index contributed by atoms with van der Waals surface area (Å²) in [5.41, 5.74) is 5.38. The van der Waals surface area contributed by atoms with E-state index in [1.165, 1.54) is 11.1 Å². The molecule has 2 aromatic heterocycles. The standard InChI is InChI=1S/C30H25N5O3S/c1-38-23-12-10-20(11-13-23)18-35-28-26(27(32-35)21-8-5-9-22(16-21)33-39)25-24(17-31-28)29(36)34(30(25)37)15-14-19-6-3-2-4-7-19/h2-13,16-17,33,39H,14-15,18H2,1H3. The van der Waals surface area contributed by atoms with Crippen LogP contribution < -0.4 is 9.46 Å². The van der Waals surface area contributed by atoms with Crippen molar-refractivity contribution in [1.29, 1.82) is 0 Å². The number of hydrogen-bond acceptors (Lipinski definition) is 7. The van der Waals surface area contributed by atoms with Gasteiger partial charge in [0.1, 0.15) is 11.4 Å². The maximum atomic E-state index is 13.8. The van der Waals surface area contributed by atoms with Gasteiger partial charge in [-0.05, 0) is 41.8 Å². The van der Waals surface area contributed by atoms with Crippen LogP contribution in [-0.2, 0) is 13.0 Å². The Bertz CT molecular complexity index is 1700. The van der Waals surface area contributed by atoms with E-state index >= 15 is 0 Å². The number of carbonyl (C=O) groups is 2. The van der Waals surface area contributed by atoms with Gasteiger partial charge in [-0.15, -0.1) is 0 Å². The number of amides is 2. The molecule has 1 aliphatic heterocycles. The molecule has 39 heavy (non-hydrogen) atoms. The molecule has 0 spiro atoms. The molecule has 3 heterocycles. The number of nitrogens with one attached hydrogen (secondary N) is 1. The Balaban J connectivity index is 1.46. The van der Waals surface area contributed by atoms with Crippen LogP contribution in [0.15, 0.2) is 85.1 Å². The van der Waals surface area contributed by atoms with Gasteiger partial charge in [0.25, 0.3) is 11.8 Å². The van der Waals surface area contributed by atoms with Gasteiger partial charge in [0, 0.05) is 24.0 Å². The highest BCUT2D eigenvalue weighted by atomic mass is 32.1. The van der Waals surface area contributed by atoms with E-state index in [0.29, 0.717) is 40.8 Å². The first-order valence-corrected chi connectivity index (χ1v) is 12.9. The van der Waals surface area contributed by atoms with Crippen molar-refractivity contribution < 1.29 is 14.3 Å². The molecule has 0 saturated heterocycles. The Kier molecular flexibility index (Phi) is 6.50. The number of imide groups is 1. The van der Waals surface area contributed by atoms with E-state index in [1.54, 1.807) is 11.8 Å². The number of thiol groups is 1. The van der Waals surface area contributed by atoms with Crippen LogP contribution >= 0.6 is 12.8 Å². The van der Waals surface area contributed by atoms with E-state index in [9.17, 15) is 9.59 Å². The van der Waals surface area contributed by atoms with Gasteiger partial charge in [-0.25, -0.2) is 9.67 Å². The van der Waals surface area contributed by atoms with Crippen LogP contribution in [0.4, 0.5) is 5.69 Å². The fourth-order valence-corrected chi connectivity index (χ4v) is 5.08. The van der Waals surface area contributed by atoms with Gasteiger partial charge in [-0.3, -0.25) is 14.5 Å². The highest BCUT2D eigenvalue weighted by molar-refractivity contribution is 7.81. The monoisotopic (exact) mass is 535 g/mol. The zero-order valence-corrected chi connectivity index (χ0v) is 22.1. The first-order valence-electron chi connectivity index (χ1n) is 12.5. The molecule has 1 aliphatic rings. The topological polar surface area (TPSA) is 89.3 Å². The van der Waals surface area contributed by atoms with Crippen molar-refractivity contribution in [2.75, 3.05) is 18.4 Å². The molecule has 1 N–H and O–H groups in total. The number of methoxy groups -OCH3 is 1. The van der Waals surface area contributed by atoms with E-state index in [0.717, 1.165) is 28.1 Å². The average Bonchev–Trinajstić information content (AvgIpc) is 3.47. The molecule has 6 rings (SSSR count). The van der Waals surface area contributed by atoms with Crippen molar-refractivity contribution in [3.05, 3.63) is 107 Å². The van der Waals surface area contributed by atoms with Gasteiger partial charge < -0.3 is 9.46 Å². The molecular weight excluding hydrogens is 510 g/mol. The van der Waals surface area contributed by atoms with Crippen molar-refractivity contribution in [3.63, 3.8) is 0 Å². The van der Waals surface area contributed by atoms with Crippen LogP contribution in [-0.4, -0.2) is 45.1 Å². The van der Waals surface area contributed by atoms with Gasteiger partial charge >= 0.3 is 0 Å². The van der Waals surface area contributed by atoms with Crippen LogP contribution in [0.25, 0.3) is 22.3 Å². The Labute approximate surface area is 230 Å². The van der Waals surface area contributed by atoms with Crippen molar-refractivity contribution in [3.8, 4) is 17.0 Å². The minimum Gasteiger partial charge on any atom is -0.497 e. The summed E-state index contributed by atoms with van der Waals surface area (Å²) in [4.78, 5) is 33.1. The van der Waals surface area contributed by atoms with Gasteiger partial charge in [-0.2, -0.15) is 5.10 Å². The molecule has 5 aromatic rings.